The van der Waals surface area contributed by atoms with Crippen molar-refractivity contribution in [2.24, 2.45) is 0 Å². The Morgan fingerprint density at radius 1 is 1.10 bits per heavy atom. The summed E-state index contributed by atoms with van der Waals surface area (Å²) < 4.78 is 0. The summed E-state index contributed by atoms with van der Waals surface area (Å²) in [5, 5.41) is 0. The lowest BCUT2D eigenvalue weighted by atomic mass is 10.1. The highest BCUT2D eigenvalue weighted by Crippen LogP contribution is 2.23. The van der Waals surface area contributed by atoms with Gasteiger partial charge in [0, 0.05) is 17.0 Å². The van der Waals surface area contributed by atoms with Gasteiger partial charge in [-0.05, 0) is 32.0 Å². The van der Waals surface area contributed by atoms with Crippen LogP contribution in [0.3, 0.4) is 0 Å². The molecule has 0 unspecified atom stereocenters. The standard InChI is InChI=1S/C16H14N2O3/c1-9-7-13(10(2)17-9)14(19)8-18-15(20)11-5-3-4-6-12(11)16(18)21/h3-7,17H,8H2,1-2H3. The minimum Gasteiger partial charge on any atom is -0.362 e. The van der Waals surface area contributed by atoms with Crippen LogP contribution in [0.5, 0.6) is 0 Å². The molecule has 106 valence electrons. The van der Waals surface area contributed by atoms with Gasteiger partial charge in [-0.3, -0.25) is 19.3 Å². The molecule has 2 heterocycles. The van der Waals surface area contributed by atoms with E-state index in [1.807, 2.05) is 6.92 Å². The number of H-pyrrole nitrogens is 1. The zero-order valence-electron chi connectivity index (χ0n) is 11.8. The van der Waals surface area contributed by atoms with E-state index < -0.39 is 11.8 Å². The lowest BCUT2D eigenvalue weighted by Crippen LogP contribution is -2.35. The van der Waals surface area contributed by atoms with Crippen molar-refractivity contribution in [3.63, 3.8) is 0 Å². The van der Waals surface area contributed by atoms with Gasteiger partial charge in [-0.1, -0.05) is 12.1 Å². The van der Waals surface area contributed by atoms with E-state index in [4.69, 9.17) is 0 Å². The second kappa shape index (κ2) is 4.70. The van der Waals surface area contributed by atoms with Crippen LogP contribution < -0.4 is 0 Å². The Labute approximate surface area is 121 Å². The third-order valence-corrected chi connectivity index (χ3v) is 3.63. The molecule has 0 saturated carbocycles. The van der Waals surface area contributed by atoms with Gasteiger partial charge in [0.1, 0.15) is 0 Å². The highest BCUT2D eigenvalue weighted by Gasteiger charge is 2.36. The molecule has 5 heteroatoms. The number of nitrogens with one attached hydrogen (secondary N) is 1. The predicted molar refractivity (Wildman–Crippen MR) is 76.4 cm³/mol. The number of aromatic amines is 1. The molecule has 0 fully saturated rings. The molecule has 1 aromatic carbocycles. The van der Waals surface area contributed by atoms with Crippen molar-refractivity contribution in [2.45, 2.75) is 13.8 Å². The van der Waals surface area contributed by atoms with E-state index in [-0.39, 0.29) is 12.3 Å². The van der Waals surface area contributed by atoms with Crippen molar-refractivity contribution < 1.29 is 14.4 Å². The Bertz CT molecular complexity index is 739. The summed E-state index contributed by atoms with van der Waals surface area (Å²) in [7, 11) is 0. The first-order chi connectivity index (χ1) is 9.99. The number of fused-ring (bicyclic) bond motifs is 1. The van der Waals surface area contributed by atoms with Gasteiger partial charge in [-0.2, -0.15) is 0 Å². The number of ketones is 1. The normalized spacial score (nSPS) is 13.7. The second-order valence-corrected chi connectivity index (χ2v) is 5.16. The van der Waals surface area contributed by atoms with Gasteiger partial charge in [0.2, 0.25) is 0 Å². The van der Waals surface area contributed by atoms with Crippen molar-refractivity contribution >= 4 is 17.6 Å². The Balaban J connectivity index is 1.87. The molecule has 0 radical (unpaired) electrons. The minimum absolute atomic E-state index is 0.232. The van der Waals surface area contributed by atoms with Crippen LogP contribution in [0.25, 0.3) is 0 Å². The van der Waals surface area contributed by atoms with Gasteiger partial charge in [0.25, 0.3) is 11.8 Å². The Morgan fingerprint density at radius 3 is 2.14 bits per heavy atom. The average molecular weight is 282 g/mol. The molecule has 0 aliphatic carbocycles. The van der Waals surface area contributed by atoms with Crippen LogP contribution >= 0.6 is 0 Å². The van der Waals surface area contributed by atoms with Crippen LogP contribution in [0, 0.1) is 13.8 Å². The van der Waals surface area contributed by atoms with Gasteiger partial charge in [-0.25, -0.2) is 0 Å². The highest BCUT2D eigenvalue weighted by molar-refractivity contribution is 6.23. The largest absolute Gasteiger partial charge is 0.362 e. The summed E-state index contributed by atoms with van der Waals surface area (Å²) in [6, 6.07) is 8.34. The molecule has 0 bridgehead atoms. The first-order valence-electron chi connectivity index (χ1n) is 6.63. The second-order valence-electron chi connectivity index (χ2n) is 5.16. The number of imide groups is 1. The Hall–Kier alpha value is -2.69. The molecule has 0 saturated heterocycles. The van der Waals surface area contributed by atoms with Crippen molar-refractivity contribution in [1.29, 1.82) is 0 Å². The third kappa shape index (κ3) is 2.07. The first kappa shape index (κ1) is 13.3. The number of carbonyl (C=O) groups is 3. The maximum Gasteiger partial charge on any atom is 0.261 e. The van der Waals surface area contributed by atoms with E-state index in [2.05, 4.69) is 4.98 Å². The van der Waals surface area contributed by atoms with E-state index >= 15 is 0 Å². The SMILES string of the molecule is Cc1cc(C(=O)CN2C(=O)c3ccccc3C2=O)c(C)[nH]1. The summed E-state index contributed by atoms with van der Waals surface area (Å²) in [5.74, 6) is -1.06. The van der Waals surface area contributed by atoms with Crippen molar-refractivity contribution in [2.75, 3.05) is 6.54 Å². The lowest BCUT2D eigenvalue weighted by Gasteiger charge is -2.12. The number of Topliss-reactive ketones (excluding diaryl/α,β-unsaturated/α-hetero) is 1. The van der Waals surface area contributed by atoms with Gasteiger partial charge in [-0.15, -0.1) is 0 Å². The number of rotatable bonds is 3. The quantitative estimate of drug-likeness (QED) is 0.692. The topological polar surface area (TPSA) is 70.2 Å². The van der Waals surface area contributed by atoms with E-state index in [0.29, 0.717) is 16.7 Å². The van der Waals surface area contributed by atoms with Crippen molar-refractivity contribution in [1.82, 2.24) is 9.88 Å². The number of carbonyl (C=O) groups excluding carboxylic acids is 3. The van der Waals surface area contributed by atoms with Crippen LogP contribution in [-0.2, 0) is 0 Å². The van der Waals surface area contributed by atoms with Crippen LogP contribution in [0.15, 0.2) is 30.3 Å². The molecule has 21 heavy (non-hydrogen) atoms. The van der Waals surface area contributed by atoms with E-state index in [1.54, 1.807) is 37.3 Å². The number of amides is 2. The molecule has 1 N–H and O–H groups in total. The molecule has 0 spiro atoms. The van der Waals surface area contributed by atoms with Crippen LogP contribution in [-0.4, -0.2) is 34.0 Å². The maximum absolute atomic E-state index is 12.3. The third-order valence-electron chi connectivity index (χ3n) is 3.63. The molecule has 2 aromatic rings. The Morgan fingerprint density at radius 2 is 1.67 bits per heavy atom. The average Bonchev–Trinajstić information content (AvgIpc) is 2.92. The molecule has 2 amide bonds. The van der Waals surface area contributed by atoms with Crippen molar-refractivity contribution in [3.8, 4) is 0 Å². The fourth-order valence-corrected chi connectivity index (χ4v) is 2.63. The Kier molecular flexibility index (Phi) is 2.97. The van der Waals surface area contributed by atoms with Crippen molar-refractivity contribution in [3.05, 3.63) is 58.4 Å². The summed E-state index contributed by atoms with van der Waals surface area (Å²) in [6.45, 7) is 3.42. The summed E-state index contributed by atoms with van der Waals surface area (Å²) in [5.41, 5.74) is 2.85. The van der Waals surface area contributed by atoms with Gasteiger partial charge in [0.05, 0.1) is 17.7 Å². The van der Waals surface area contributed by atoms with E-state index in [1.165, 1.54) is 0 Å². The van der Waals surface area contributed by atoms with Gasteiger partial charge in [0.15, 0.2) is 5.78 Å². The fourth-order valence-electron chi connectivity index (χ4n) is 2.63. The summed E-state index contributed by atoms with van der Waals surface area (Å²) in [4.78, 5) is 40.8. The number of aryl methyl sites for hydroxylation is 2. The number of benzene rings is 1. The van der Waals surface area contributed by atoms with Crippen LogP contribution in [0.2, 0.25) is 0 Å². The smallest absolute Gasteiger partial charge is 0.261 e. The zero-order chi connectivity index (χ0) is 15.1. The number of nitrogens with zero attached hydrogens (tertiary/aromatic N) is 1. The molecule has 1 aromatic heterocycles. The summed E-state index contributed by atoms with van der Waals surface area (Å²) >= 11 is 0. The number of hydrogen-bond donors (Lipinski definition) is 1. The molecule has 3 rings (SSSR count). The van der Waals surface area contributed by atoms with Crippen LogP contribution in [0.4, 0.5) is 0 Å². The molecule has 0 atom stereocenters. The van der Waals surface area contributed by atoms with E-state index in [0.717, 1.165) is 16.3 Å². The van der Waals surface area contributed by atoms with Gasteiger partial charge >= 0.3 is 0 Å². The zero-order valence-corrected chi connectivity index (χ0v) is 11.8. The first-order valence-corrected chi connectivity index (χ1v) is 6.63. The minimum atomic E-state index is -0.408. The van der Waals surface area contributed by atoms with E-state index in [9.17, 15) is 14.4 Å². The van der Waals surface area contributed by atoms with Gasteiger partial charge < -0.3 is 4.98 Å². The molecule has 1 aliphatic rings. The molecule has 5 nitrogen and oxygen atoms in total. The fraction of sp³-hybridized carbons (Fsp3) is 0.188. The number of aromatic nitrogens is 1. The molecular formula is C16H14N2O3. The van der Waals surface area contributed by atoms with Crippen LogP contribution in [0.1, 0.15) is 42.5 Å². The summed E-state index contributed by atoms with van der Waals surface area (Å²) in [6.07, 6.45) is 0. The lowest BCUT2D eigenvalue weighted by molar-refractivity contribution is 0.0624. The molecular weight excluding hydrogens is 268 g/mol. The monoisotopic (exact) mass is 282 g/mol. The predicted octanol–water partition coefficient (Wildman–Crippen LogP) is 2.11. The number of hydrogen-bond acceptors (Lipinski definition) is 3. The highest BCUT2D eigenvalue weighted by atomic mass is 16.2. The molecule has 1 aliphatic heterocycles. The maximum atomic E-state index is 12.3.